The molecule has 0 atom stereocenters. The average molecular weight is 330 g/mol. The minimum Gasteiger partial charge on any atom is -0.393 e. The number of halogens is 2. The number of benzene rings is 1. The molecule has 0 spiro atoms. The normalized spacial score (nSPS) is 23.8. The topological polar surface area (TPSA) is 23.5 Å². The molecule has 1 aliphatic rings. The highest BCUT2D eigenvalue weighted by molar-refractivity contribution is 9.10. The van der Waals surface area contributed by atoms with E-state index in [1.807, 2.05) is 13.1 Å². The summed E-state index contributed by atoms with van der Waals surface area (Å²) in [6.45, 7) is 1.60. The molecule has 2 rings (SSSR count). The average Bonchev–Trinajstić information content (AvgIpc) is 2.37. The maximum atomic E-state index is 13.7. The van der Waals surface area contributed by atoms with Crippen LogP contribution in [0.25, 0.3) is 0 Å². The van der Waals surface area contributed by atoms with Crippen molar-refractivity contribution in [2.45, 2.75) is 38.3 Å². The molecule has 2 nitrogen and oxygen atoms in total. The SMILES string of the molecule is CN(Cc1cc(Br)ccc1F)CC1CCC(O)CC1. The maximum Gasteiger partial charge on any atom is 0.127 e. The van der Waals surface area contributed by atoms with Crippen LogP contribution in [0.5, 0.6) is 0 Å². The first-order valence-corrected chi connectivity index (χ1v) is 7.64. The number of hydrogen-bond donors (Lipinski definition) is 1. The van der Waals surface area contributed by atoms with Gasteiger partial charge in [-0.15, -0.1) is 0 Å². The molecule has 1 N–H and O–H groups in total. The van der Waals surface area contributed by atoms with Crippen LogP contribution in [-0.2, 0) is 6.54 Å². The molecule has 0 bridgehead atoms. The zero-order valence-electron chi connectivity index (χ0n) is 11.3. The van der Waals surface area contributed by atoms with Crippen molar-refractivity contribution >= 4 is 15.9 Å². The lowest BCUT2D eigenvalue weighted by molar-refractivity contribution is 0.0966. The Kier molecular flexibility index (Phi) is 5.37. The van der Waals surface area contributed by atoms with Gasteiger partial charge in [0.2, 0.25) is 0 Å². The van der Waals surface area contributed by atoms with Crippen LogP contribution in [0.3, 0.4) is 0 Å². The van der Waals surface area contributed by atoms with E-state index in [0.29, 0.717) is 12.5 Å². The molecule has 0 aromatic heterocycles. The van der Waals surface area contributed by atoms with E-state index < -0.39 is 0 Å². The summed E-state index contributed by atoms with van der Waals surface area (Å²) < 4.78 is 14.6. The molecule has 1 aliphatic carbocycles. The molecule has 0 aliphatic heterocycles. The Balaban J connectivity index is 1.87. The maximum absolute atomic E-state index is 13.7. The van der Waals surface area contributed by atoms with E-state index >= 15 is 0 Å². The van der Waals surface area contributed by atoms with Crippen molar-refractivity contribution in [2.75, 3.05) is 13.6 Å². The second-order valence-corrected chi connectivity index (χ2v) is 6.52. The monoisotopic (exact) mass is 329 g/mol. The highest BCUT2D eigenvalue weighted by Gasteiger charge is 2.20. The number of aliphatic hydroxyl groups excluding tert-OH is 1. The lowest BCUT2D eigenvalue weighted by Crippen LogP contribution is -2.29. The van der Waals surface area contributed by atoms with Gasteiger partial charge in [-0.1, -0.05) is 15.9 Å². The largest absolute Gasteiger partial charge is 0.393 e. The Hall–Kier alpha value is -0.450. The van der Waals surface area contributed by atoms with Crippen LogP contribution in [0.15, 0.2) is 22.7 Å². The quantitative estimate of drug-likeness (QED) is 0.912. The summed E-state index contributed by atoms with van der Waals surface area (Å²) in [5.41, 5.74) is 0.729. The van der Waals surface area contributed by atoms with Gasteiger partial charge in [0.25, 0.3) is 0 Å². The molecular formula is C15H21BrFNO. The van der Waals surface area contributed by atoms with Crippen LogP contribution < -0.4 is 0 Å². The van der Waals surface area contributed by atoms with Gasteiger partial charge in [0.15, 0.2) is 0 Å². The second-order valence-electron chi connectivity index (χ2n) is 5.61. The molecular weight excluding hydrogens is 309 g/mol. The van der Waals surface area contributed by atoms with Gasteiger partial charge in [0, 0.05) is 23.1 Å². The molecule has 1 aromatic rings. The third-order valence-electron chi connectivity index (χ3n) is 3.83. The Morgan fingerprint density at radius 1 is 1.32 bits per heavy atom. The molecule has 0 saturated heterocycles. The Morgan fingerprint density at radius 3 is 2.68 bits per heavy atom. The number of aliphatic hydroxyl groups is 1. The van der Waals surface area contributed by atoms with Gasteiger partial charge in [0.05, 0.1) is 6.10 Å². The lowest BCUT2D eigenvalue weighted by Gasteiger charge is -2.29. The summed E-state index contributed by atoms with van der Waals surface area (Å²) in [4.78, 5) is 2.17. The number of nitrogens with zero attached hydrogens (tertiary/aromatic N) is 1. The second kappa shape index (κ2) is 6.82. The molecule has 0 unspecified atom stereocenters. The standard InChI is InChI=1S/C15H21BrFNO/c1-18(9-11-2-5-14(19)6-3-11)10-12-8-13(16)4-7-15(12)17/h4,7-8,11,14,19H,2-3,5-6,9-10H2,1H3. The van der Waals surface area contributed by atoms with Gasteiger partial charge in [-0.25, -0.2) is 4.39 Å². The fraction of sp³-hybridized carbons (Fsp3) is 0.600. The zero-order chi connectivity index (χ0) is 13.8. The molecule has 106 valence electrons. The van der Waals surface area contributed by atoms with Crippen molar-refractivity contribution in [3.63, 3.8) is 0 Å². The van der Waals surface area contributed by atoms with Gasteiger partial charge in [0.1, 0.15) is 5.82 Å². The Labute approximate surface area is 122 Å². The van der Waals surface area contributed by atoms with Crippen molar-refractivity contribution in [2.24, 2.45) is 5.92 Å². The molecule has 4 heteroatoms. The fourth-order valence-corrected chi connectivity index (χ4v) is 3.20. The van der Waals surface area contributed by atoms with Crippen molar-refractivity contribution in [3.8, 4) is 0 Å². The Morgan fingerprint density at radius 2 is 2.00 bits per heavy atom. The summed E-state index contributed by atoms with van der Waals surface area (Å²) in [5.74, 6) is 0.484. The van der Waals surface area contributed by atoms with Crippen molar-refractivity contribution in [3.05, 3.63) is 34.1 Å². The fourth-order valence-electron chi connectivity index (χ4n) is 2.79. The highest BCUT2D eigenvalue weighted by Crippen LogP contribution is 2.25. The van der Waals surface area contributed by atoms with E-state index in [2.05, 4.69) is 20.8 Å². The van der Waals surface area contributed by atoms with Crippen molar-refractivity contribution < 1.29 is 9.50 Å². The minimum absolute atomic E-state index is 0.107. The van der Waals surface area contributed by atoms with Gasteiger partial charge in [-0.2, -0.15) is 0 Å². The first-order chi connectivity index (χ1) is 9.04. The molecule has 0 heterocycles. The van der Waals surface area contributed by atoms with Crippen LogP contribution in [0.2, 0.25) is 0 Å². The summed E-state index contributed by atoms with van der Waals surface area (Å²) in [6, 6.07) is 5.07. The summed E-state index contributed by atoms with van der Waals surface area (Å²) in [7, 11) is 2.03. The van der Waals surface area contributed by atoms with Gasteiger partial charge in [-0.3, -0.25) is 0 Å². The van der Waals surface area contributed by atoms with E-state index in [1.165, 1.54) is 6.07 Å². The van der Waals surface area contributed by atoms with Gasteiger partial charge in [-0.05, 0) is 56.8 Å². The van der Waals surface area contributed by atoms with E-state index in [4.69, 9.17) is 0 Å². The van der Waals surface area contributed by atoms with E-state index in [-0.39, 0.29) is 11.9 Å². The van der Waals surface area contributed by atoms with Crippen LogP contribution in [0, 0.1) is 11.7 Å². The third kappa shape index (κ3) is 4.55. The summed E-state index contributed by atoms with van der Waals surface area (Å²) >= 11 is 3.38. The van der Waals surface area contributed by atoms with Crippen LogP contribution >= 0.6 is 15.9 Å². The number of hydrogen-bond acceptors (Lipinski definition) is 2. The molecule has 19 heavy (non-hydrogen) atoms. The lowest BCUT2D eigenvalue weighted by atomic mass is 9.87. The van der Waals surface area contributed by atoms with E-state index in [1.54, 1.807) is 6.07 Å². The Bertz CT molecular complexity index is 419. The molecule has 1 fully saturated rings. The number of rotatable bonds is 4. The minimum atomic E-state index is -0.144. The third-order valence-corrected chi connectivity index (χ3v) is 4.33. The van der Waals surface area contributed by atoms with Crippen molar-refractivity contribution in [1.82, 2.24) is 4.90 Å². The first kappa shape index (κ1) is 14.9. The zero-order valence-corrected chi connectivity index (χ0v) is 12.9. The molecule has 0 amide bonds. The van der Waals surface area contributed by atoms with E-state index in [9.17, 15) is 9.50 Å². The molecule has 1 aromatic carbocycles. The van der Waals surface area contributed by atoms with Crippen molar-refractivity contribution in [1.29, 1.82) is 0 Å². The van der Waals surface area contributed by atoms with Crippen LogP contribution in [0.1, 0.15) is 31.2 Å². The highest BCUT2D eigenvalue weighted by atomic mass is 79.9. The predicted molar refractivity (Wildman–Crippen MR) is 78.4 cm³/mol. The summed E-state index contributed by atoms with van der Waals surface area (Å²) in [5, 5.41) is 9.49. The molecule has 0 radical (unpaired) electrons. The molecule has 1 saturated carbocycles. The van der Waals surface area contributed by atoms with Gasteiger partial charge < -0.3 is 10.0 Å². The van der Waals surface area contributed by atoms with Crippen LogP contribution in [-0.4, -0.2) is 29.7 Å². The van der Waals surface area contributed by atoms with E-state index in [0.717, 1.165) is 42.3 Å². The van der Waals surface area contributed by atoms with Crippen LogP contribution in [0.4, 0.5) is 4.39 Å². The smallest absolute Gasteiger partial charge is 0.127 e. The predicted octanol–water partition coefficient (Wildman–Crippen LogP) is 3.57. The van der Waals surface area contributed by atoms with Gasteiger partial charge >= 0.3 is 0 Å². The summed E-state index contributed by atoms with van der Waals surface area (Å²) in [6.07, 6.45) is 3.86. The first-order valence-electron chi connectivity index (χ1n) is 6.85.